The van der Waals surface area contributed by atoms with Crippen molar-refractivity contribution in [1.29, 1.82) is 0 Å². The third-order valence-corrected chi connectivity index (χ3v) is 1.66. The lowest BCUT2D eigenvalue weighted by Crippen LogP contribution is -2.37. The third kappa shape index (κ3) is 3.34. The van der Waals surface area contributed by atoms with E-state index in [4.69, 9.17) is 9.84 Å². The standard InChI is InChI=1S/C7H13NO3/c9-7(10)5-8-6-3-1-2-4-11-6/h6,8H,1-5H2,(H,9,10)/t6-/m0/s1. The summed E-state index contributed by atoms with van der Waals surface area (Å²) in [7, 11) is 0. The topological polar surface area (TPSA) is 58.6 Å². The quantitative estimate of drug-likeness (QED) is 0.617. The molecule has 0 amide bonds. The van der Waals surface area contributed by atoms with Crippen molar-refractivity contribution in [2.45, 2.75) is 25.5 Å². The summed E-state index contributed by atoms with van der Waals surface area (Å²) in [6.45, 7) is 0.738. The maximum Gasteiger partial charge on any atom is 0.317 e. The molecule has 0 bridgehead atoms. The van der Waals surface area contributed by atoms with E-state index >= 15 is 0 Å². The number of carboxylic acid groups (broad SMARTS) is 1. The van der Waals surface area contributed by atoms with Crippen LogP contribution in [0.1, 0.15) is 19.3 Å². The van der Waals surface area contributed by atoms with Crippen molar-refractivity contribution < 1.29 is 14.6 Å². The van der Waals surface area contributed by atoms with Crippen LogP contribution in [0.4, 0.5) is 0 Å². The molecule has 0 aromatic rings. The summed E-state index contributed by atoms with van der Waals surface area (Å²) in [6, 6.07) is 0. The summed E-state index contributed by atoms with van der Waals surface area (Å²) in [5.74, 6) is -0.834. The Kier molecular flexibility index (Phi) is 3.32. The highest BCUT2D eigenvalue weighted by molar-refractivity contribution is 5.69. The molecule has 11 heavy (non-hydrogen) atoms. The first kappa shape index (κ1) is 8.49. The van der Waals surface area contributed by atoms with E-state index in [1.807, 2.05) is 0 Å². The number of rotatable bonds is 3. The molecule has 0 saturated carbocycles. The molecule has 64 valence electrons. The van der Waals surface area contributed by atoms with E-state index in [2.05, 4.69) is 5.32 Å². The van der Waals surface area contributed by atoms with Crippen LogP contribution in [-0.2, 0) is 9.53 Å². The van der Waals surface area contributed by atoms with Gasteiger partial charge in [0, 0.05) is 6.61 Å². The van der Waals surface area contributed by atoms with E-state index in [-0.39, 0.29) is 12.8 Å². The van der Waals surface area contributed by atoms with Crippen LogP contribution in [0.3, 0.4) is 0 Å². The third-order valence-electron chi connectivity index (χ3n) is 1.66. The average molecular weight is 159 g/mol. The smallest absolute Gasteiger partial charge is 0.317 e. The summed E-state index contributed by atoms with van der Waals surface area (Å²) in [4.78, 5) is 10.1. The van der Waals surface area contributed by atoms with Crippen LogP contribution in [0.25, 0.3) is 0 Å². The van der Waals surface area contributed by atoms with Crippen molar-refractivity contribution in [3.8, 4) is 0 Å². The van der Waals surface area contributed by atoms with Crippen LogP contribution < -0.4 is 5.32 Å². The minimum Gasteiger partial charge on any atom is -0.480 e. The minimum atomic E-state index is -0.834. The number of aliphatic carboxylic acids is 1. The average Bonchev–Trinajstić information content (AvgIpc) is 2.03. The molecule has 0 radical (unpaired) electrons. The van der Waals surface area contributed by atoms with E-state index in [1.54, 1.807) is 0 Å². The molecule has 0 unspecified atom stereocenters. The largest absolute Gasteiger partial charge is 0.480 e. The van der Waals surface area contributed by atoms with Gasteiger partial charge >= 0.3 is 5.97 Å². The summed E-state index contributed by atoms with van der Waals surface area (Å²) >= 11 is 0. The molecule has 4 heteroatoms. The van der Waals surface area contributed by atoms with Crippen LogP contribution in [0.2, 0.25) is 0 Å². The first-order valence-corrected chi connectivity index (χ1v) is 3.86. The maximum atomic E-state index is 10.1. The Morgan fingerprint density at radius 1 is 1.64 bits per heavy atom. The monoisotopic (exact) mass is 159 g/mol. The number of nitrogens with one attached hydrogen (secondary N) is 1. The van der Waals surface area contributed by atoms with Crippen LogP contribution in [-0.4, -0.2) is 30.5 Å². The predicted molar refractivity (Wildman–Crippen MR) is 39.2 cm³/mol. The zero-order valence-electron chi connectivity index (χ0n) is 6.38. The van der Waals surface area contributed by atoms with Crippen molar-refractivity contribution in [3.05, 3.63) is 0 Å². The molecule has 0 spiro atoms. The molecule has 2 N–H and O–H groups in total. The first-order valence-electron chi connectivity index (χ1n) is 3.86. The Morgan fingerprint density at radius 2 is 2.45 bits per heavy atom. The number of ether oxygens (including phenoxy) is 1. The van der Waals surface area contributed by atoms with Gasteiger partial charge in [-0.1, -0.05) is 0 Å². The molecule has 1 atom stereocenters. The van der Waals surface area contributed by atoms with Crippen LogP contribution in [0.15, 0.2) is 0 Å². The van der Waals surface area contributed by atoms with Crippen LogP contribution in [0, 0.1) is 0 Å². The van der Waals surface area contributed by atoms with Crippen LogP contribution in [0.5, 0.6) is 0 Å². The lowest BCUT2D eigenvalue weighted by Gasteiger charge is -2.22. The summed E-state index contributed by atoms with van der Waals surface area (Å²) in [5.41, 5.74) is 0. The molecule has 4 nitrogen and oxygen atoms in total. The van der Waals surface area contributed by atoms with Gasteiger partial charge in [0.25, 0.3) is 0 Å². The molecule has 1 rings (SSSR count). The van der Waals surface area contributed by atoms with E-state index in [9.17, 15) is 4.79 Å². The fraction of sp³-hybridized carbons (Fsp3) is 0.857. The van der Waals surface area contributed by atoms with E-state index in [0.29, 0.717) is 0 Å². The Hall–Kier alpha value is -0.610. The molecule has 0 aromatic carbocycles. The molecule has 1 heterocycles. The van der Waals surface area contributed by atoms with Gasteiger partial charge in [0.15, 0.2) is 0 Å². The van der Waals surface area contributed by atoms with Crippen molar-refractivity contribution in [2.24, 2.45) is 0 Å². The Morgan fingerprint density at radius 3 is 3.00 bits per heavy atom. The second kappa shape index (κ2) is 4.31. The minimum absolute atomic E-state index is 0.00926. The van der Waals surface area contributed by atoms with Crippen molar-refractivity contribution >= 4 is 5.97 Å². The summed E-state index contributed by atoms with van der Waals surface area (Å²) in [5, 5.41) is 11.1. The zero-order chi connectivity index (χ0) is 8.10. The highest BCUT2D eigenvalue weighted by Gasteiger charge is 2.13. The highest BCUT2D eigenvalue weighted by Crippen LogP contribution is 2.09. The number of hydrogen-bond acceptors (Lipinski definition) is 3. The lowest BCUT2D eigenvalue weighted by atomic mass is 10.2. The van der Waals surface area contributed by atoms with Gasteiger partial charge in [-0.3, -0.25) is 10.1 Å². The molecule has 0 aromatic heterocycles. The van der Waals surface area contributed by atoms with Crippen molar-refractivity contribution in [3.63, 3.8) is 0 Å². The van der Waals surface area contributed by atoms with Crippen molar-refractivity contribution in [1.82, 2.24) is 5.32 Å². The summed E-state index contributed by atoms with van der Waals surface area (Å²) < 4.78 is 5.25. The van der Waals surface area contributed by atoms with E-state index in [0.717, 1.165) is 25.9 Å². The van der Waals surface area contributed by atoms with Gasteiger partial charge in [-0.2, -0.15) is 0 Å². The fourth-order valence-electron chi connectivity index (χ4n) is 1.10. The van der Waals surface area contributed by atoms with Gasteiger partial charge in [0.2, 0.25) is 0 Å². The molecular weight excluding hydrogens is 146 g/mol. The van der Waals surface area contributed by atoms with Crippen molar-refractivity contribution in [2.75, 3.05) is 13.2 Å². The van der Waals surface area contributed by atoms with Gasteiger partial charge < -0.3 is 9.84 Å². The lowest BCUT2D eigenvalue weighted by molar-refractivity contribution is -0.137. The number of carbonyl (C=O) groups is 1. The Labute approximate surface area is 65.5 Å². The van der Waals surface area contributed by atoms with Crippen LogP contribution >= 0.6 is 0 Å². The summed E-state index contributed by atoms with van der Waals surface area (Å²) in [6.07, 6.45) is 3.09. The molecule has 1 saturated heterocycles. The second-order valence-corrected chi connectivity index (χ2v) is 2.63. The van der Waals surface area contributed by atoms with E-state index < -0.39 is 5.97 Å². The second-order valence-electron chi connectivity index (χ2n) is 2.63. The Bertz CT molecular complexity index is 132. The number of hydrogen-bond donors (Lipinski definition) is 2. The Balaban J connectivity index is 2.09. The molecular formula is C7H13NO3. The van der Waals surface area contributed by atoms with Gasteiger partial charge in [-0.15, -0.1) is 0 Å². The van der Waals surface area contributed by atoms with Gasteiger partial charge in [0.05, 0.1) is 6.54 Å². The van der Waals surface area contributed by atoms with Gasteiger partial charge in [-0.25, -0.2) is 0 Å². The van der Waals surface area contributed by atoms with Gasteiger partial charge in [-0.05, 0) is 19.3 Å². The molecule has 1 fully saturated rings. The number of carboxylic acids is 1. The molecule has 1 aliphatic heterocycles. The molecule has 1 aliphatic rings. The fourth-order valence-corrected chi connectivity index (χ4v) is 1.10. The van der Waals surface area contributed by atoms with E-state index in [1.165, 1.54) is 0 Å². The highest BCUT2D eigenvalue weighted by atomic mass is 16.5. The maximum absolute atomic E-state index is 10.1. The SMILES string of the molecule is O=C(O)CN[C@@H]1CCCCO1. The normalized spacial score (nSPS) is 24.9. The predicted octanol–water partition coefficient (Wildman–Crippen LogP) is 0.187. The van der Waals surface area contributed by atoms with Gasteiger partial charge in [0.1, 0.15) is 6.23 Å². The first-order chi connectivity index (χ1) is 5.29. The zero-order valence-corrected chi connectivity index (χ0v) is 6.38. The molecule has 0 aliphatic carbocycles.